The van der Waals surface area contributed by atoms with Crippen molar-refractivity contribution in [3.8, 4) is 11.3 Å². The van der Waals surface area contributed by atoms with Gasteiger partial charge >= 0.3 is 5.97 Å². The number of carboxylic acid groups (broad SMARTS) is 1. The minimum absolute atomic E-state index is 0.303. The average molecular weight is 469 g/mol. The second-order valence-electron chi connectivity index (χ2n) is 8.06. The highest BCUT2D eigenvalue weighted by Crippen LogP contribution is 2.25. The zero-order valence-corrected chi connectivity index (χ0v) is 19.8. The van der Waals surface area contributed by atoms with Gasteiger partial charge in [-0.3, -0.25) is 0 Å². The number of aromatic nitrogens is 2. The number of imidazole rings is 1. The summed E-state index contributed by atoms with van der Waals surface area (Å²) in [7, 11) is 1.41. The predicted octanol–water partition coefficient (Wildman–Crippen LogP) is 3.80. The lowest BCUT2D eigenvalue weighted by atomic mass is 10.1. The summed E-state index contributed by atoms with van der Waals surface area (Å²) in [5.41, 5.74) is 4.18. The van der Waals surface area contributed by atoms with Crippen molar-refractivity contribution in [2.75, 3.05) is 7.11 Å². The maximum Gasteiger partial charge on any atom is 0.337 e. The first-order valence-corrected chi connectivity index (χ1v) is 11.5. The van der Waals surface area contributed by atoms with Crippen LogP contribution < -0.4 is 9.67 Å². The lowest BCUT2D eigenvalue weighted by Gasteiger charge is -2.10. The summed E-state index contributed by atoms with van der Waals surface area (Å²) in [4.78, 5) is 20.6. The molecule has 1 aliphatic rings. The number of ether oxygens (including phenoxy) is 1. The van der Waals surface area contributed by atoms with Gasteiger partial charge < -0.3 is 14.6 Å². The topological polar surface area (TPSA) is 75.2 Å². The molecule has 174 valence electrons. The number of carbonyl (C=O) groups excluding carboxylic acids is 2. The van der Waals surface area contributed by atoms with Crippen molar-refractivity contribution in [3.63, 3.8) is 0 Å². The molecule has 0 spiro atoms. The van der Waals surface area contributed by atoms with E-state index in [1.165, 1.54) is 55.4 Å². The third-order valence-corrected chi connectivity index (χ3v) is 5.86. The summed E-state index contributed by atoms with van der Waals surface area (Å²) in [5.74, 6) is -0.0186. The van der Waals surface area contributed by atoms with Gasteiger partial charge in [-0.2, -0.15) is 0 Å². The number of aliphatic carboxylic acids is 1. The maximum absolute atomic E-state index is 11.7. The first-order chi connectivity index (χ1) is 15.9. The molecule has 0 atom stereocenters. The van der Waals surface area contributed by atoms with Crippen LogP contribution in [-0.2, 0) is 29.0 Å². The van der Waals surface area contributed by atoms with Gasteiger partial charge in [0.2, 0.25) is 0 Å². The molecule has 7 heteroatoms. The molecule has 0 fully saturated rings. The highest BCUT2D eigenvalue weighted by Gasteiger charge is 2.25. The van der Waals surface area contributed by atoms with Crippen molar-refractivity contribution in [3.05, 3.63) is 76.7 Å². The van der Waals surface area contributed by atoms with Crippen molar-refractivity contribution >= 4 is 23.5 Å². The van der Waals surface area contributed by atoms with Gasteiger partial charge in [0, 0.05) is 23.0 Å². The van der Waals surface area contributed by atoms with Crippen LogP contribution >= 0.6 is 11.6 Å². The highest BCUT2D eigenvalue weighted by atomic mass is 35.5. The Kier molecular flexibility index (Phi) is 8.66. The van der Waals surface area contributed by atoms with Crippen LogP contribution in [0, 0.1) is 0 Å². The molecule has 0 radical (unpaired) electrons. The van der Waals surface area contributed by atoms with Crippen LogP contribution in [0.3, 0.4) is 0 Å². The largest absolute Gasteiger partial charge is 0.550 e. The van der Waals surface area contributed by atoms with E-state index in [0.29, 0.717) is 5.56 Å². The van der Waals surface area contributed by atoms with Gasteiger partial charge in [-0.25, -0.2) is 13.9 Å². The Bertz CT molecular complexity index is 1080. The minimum atomic E-state index is -1.08. The van der Waals surface area contributed by atoms with Crippen LogP contribution in [0.15, 0.2) is 54.7 Å². The number of hydrogen-bond donors (Lipinski definition) is 0. The zero-order chi connectivity index (χ0) is 23.8. The van der Waals surface area contributed by atoms with Crippen molar-refractivity contribution in [1.29, 1.82) is 0 Å². The monoisotopic (exact) mass is 468 g/mol. The fourth-order valence-corrected chi connectivity index (χ4v) is 4.20. The zero-order valence-electron chi connectivity index (χ0n) is 19.1. The molecule has 0 saturated heterocycles. The molecule has 1 aromatic heterocycles. The van der Waals surface area contributed by atoms with Gasteiger partial charge in [0.05, 0.1) is 19.2 Å². The molecule has 6 nitrogen and oxygen atoms in total. The lowest BCUT2D eigenvalue weighted by molar-refractivity contribution is -0.695. The molecule has 0 N–H and O–H groups in total. The Labute approximate surface area is 199 Å². The van der Waals surface area contributed by atoms with Gasteiger partial charge in [-0.15, -0.1) is 0 Å². The lowest BCUT2D eigenvalue weighted by Crippen LogP contribution is -2.38. The molecule has 0 amide bonds. The molecule has 33 heavy (non-hydrogen) atoms. The number of nitrogens with zero attached hydrogens (tertiary/aromatic N) is 2. The number of carbonyl (C=O) groups is 2. The third-order valence-electron chi connectivity index (χ3n) is 5.61. The number of esters is 1. The van der Waals surface area contributed by atoms with Gasteiger partial charge in [0.15, 0.2) is 5.69 Å². The Morgan fingerprint density at radius 2 is 1.67 bits per heavy atom. The van der Waals surface area contributed by atoms with E-state index in [4.69, 9.17) is 26.2 Å². The molecule has 0 bridgehead atoms. The Hall–Kier alpha value is -3.12. The molecule has 3 aromatic rings. The number of halogens is 1. The van der Waals surface area contributed by atoms with Crippen LogP contribution in [0.4, 0.5) is 0 Å². The van der Waals surface area contributed by atoms with E-state index in [0.717, 1.165) is 31.5 Å². The molecule has 1 aliphatic heterocycles. The number of methoxy groups -OCH3 is 1. The fraction of sp³-hybridized carbons (Fsp3) is 0.346. The normalized spacial score (nSPS) is 13.1. The van der Waals surface area contributed by atoms with Crippen molar-refractivity contribution in [2.24, 2.45) is 0 Å². The van der Waals surface area contributed by atoms with Crippen molar-refractivity contribution in [2.45, 2.75) is 52.1 Å². The second kappa shape index (κ2) is 11.7. The molecule has 0 saturated carbocycles. The van der Waals surface area contributed by atoms with Crippen LogP contribution in [0.1, 0.15) is 54.4 Å². The number of hydrogen-bond acceptors (Lipinski definition) is 4. The summed E-state index contributed by atoms with van der Waals surface area (Å²) in [6.07, 6.45) is 8.33. The first kappa shape index (κ1) is 24.5. The van der Waals surface area contributed by atoms with Crippen LogP contribution in [0.5, 0.6) is 0 Å². The van der Waals surface area contributed by atoms with Crippen LogP contribution in [0.2, 0.25) is 5.02 Å². The fourth-order valence-electron chi connectivity index (χ4n) is 4.07. The minimum Gasteiger partial charge on any atom is -0.550 e. The van der Waals surface area contributed by atoms with E-state index in [9.17, 15) is 4.79 Å². The van der Waals surface area contributed by atoms with Gasteiger partial charge in [-0.1, -0.05) is 30.2 Å². The maximum atomic E-state index is 11.7. The van der Waals surface area contributed by atoms with Crippen LogP contribution in [0.25, 0.3) is 11.3 Å². The summed E-state index contributed by atoms with van der Waals surface area (Å²) >= 11 is 6.10. The van der Waals surface area contributed by atoms with E-state index in [1.807, 2.05) is 36.4 Å². The van der Waals surface area contributed by atoms with E-state index in [2.05, 4.69) is 27.5 Å². The predicted molar refractivity (Wildman–Crippen MR) is 125 cm³/mol. The second-order valence-corrected chi connectivity index (χ2v) is 8.50. The SMILES string of the molecule is CC(=O)[O-].COC(=O)c1ccc(C[n+]2cc(-c3ccc(Cl)cc3)n3c2CCCCCC3)cc1. The highest BCUT2D eigenvalue weighted by molar-refractivity contribution is 6.30. The molecule has 0 unspecified atom stereocenters. The average Bonchev–Trinajstić information content (AvgIpc) is 3.09. The van der Waals surface area contributed by atoms with E-state index < -0.39 is 5.97 Å². The van der Waals surface area contributed by atoms with Gasteiger partial charge in [0.1, 0.15) is 12.7 Å². The molecule has 0 aliphatic carbocycles. The summed E-state index contributed by atoms with van der Waals surface area (Å²) in [5, 5.41) is 9.65. The molecular weight excluding hydrogens is 440 g/mol. The first-order valence-electron chi connectivity index (χ1n) is 11.1. The van der Waals surface area contributed by atoms with Crippen molar-refractivity contribution < 1.29 is 24.0 Å². The summed E-state index contributed by atoms with van der Waals surface area (Å²) in [6.45, 7) is 2.80. The standard InChI is InChI=1S/C24H26ClN2O2.C2H4O2/c1-29-24(28)20-9-7-18(8-10-20)16-26-17-22(19-11-13-21(25)14-12-19)27-15-5-3-2-4-6-23(26)27;1-2(3)4/h7-14,17H,2-6,15-16H2,1H3;1H3,(H,3,4)/q+1;/p-1. The Balaban J connectivity index is 0.000000709. The Morgan fingerprint density at radius 3 is 2.30 bits per heavy atom. The van der Waals surface area contributed by atoms with E-state index in [-0.39, 0.29) is 5.97 Å². The van der Waals surface area contributed by atoms with E-state index in [1.54, 1.807) is 0 Å². The molecular formula is C26H29ClN2O4. The third kappa shape index (κ3) is 6.68. The molecule has 2 aromatic carbocycles. The number of fused-ring (bicyclic) bond motifs is 1. The summed E-state index contributed by atoms with van der Waals surface area (Å²) < 4.78 is 9.64. The molecule has 4 rings (SSSR count). The molecule has 2 heterocycles. The summed E-state index contributed by atoms with van der Waals surface area (Å²) in [6, 6.07) is 15.8. The number of carboxylic acids is 1. The van der Waals surface area contributed by atoms with E-state index >= 15 is 0 Å². The number of benzene rings is 2. The van der Waals surface area contributed by atoms with Gasteiger partial charge in [-0.05, 0) is 68.1 Å². The van der Waals surface area contributed by atoms with Gasteiger partial charge in [0.25, 0.3) is 5.82 Å². The smallest absolute Gasteiger partial charge is 0.337 e. The van der Waals surface area contributed by atoms with Crippen molar-refractivity contribution in [1.82, 2.24) is 4.57 Å². The number of rotatable bonds is 4. The quantitative estimate of drug-likeness (QED) is 0.431. The Morgan fingerprint density at radius 1 is 1.03 bits per heavy atom. The van der Waals surface area contributed by atoms with Crippen LogP contribution in [-0.4, -0.2) is 23.6 Å².